The molecule has 2 aromatic rings. The molecule has 21 heavy (non-hydrogen) atoms. The average molecular weight is 293 g/mol. The van der Waals surface area contributed by atoms with Gasteiger partial charge in [0.25, 0.3) is 0 Å². The molecule has 7 nitrogen and oxygen atoms in total. The largest absolute Gasteiger partial charge is 0.480 e. The van der Waals surface area contributed by atoms with Crippen LogP contribution in [-0.2, 0) is 11.2 Å². The van der Waals surface area contributed by atoms with E-state index < -0.39 is 23.8 Å². The molecule has 4 N–H and O–H groups in total. The molecule has 0 aliphatic carbocycles. The zero-order chi connectivity index (χ0) is 15.6. The van der Waals surface area contributed by atoms with Gasteiger partial charge in [-0.2, -0.15) is 5.10 Å². The third-order valence-electron chi connectivity index (χ3n) is 2.82. The molecule has 0 unspecified atom stereocenters. The molecule has 0 fully saturated rings. The minimum absolute atomic E-state index is 0.104. The highest BCUT2D eigenvalue weighted by Crippen LogP contribution is 2.15. The maximum Gasteiger partial charge on any atom is 0.356 e. The maximum atomic E-state index is 12.9. The van der Waals surface area contributed by atoms with E-state index in [4.69, 9.17) is 15.9 Å². The number of halogens is 1. The van der Waals surface area contributed by atoms with Gasteiger partial charge in [-0.25, -0.2) is 13.9 Å². The van der Waals surface area contributed by atoms with Crippen molar-refractivity contribution in [3.8, 4) is 5.69 Å². The van der Waals surface area contributed by atoms with Crippen LogP contribution in [0.25, 0.3) is 5.69 Å². The van der Waals surface area contributed by atoms with E-state index >= 15 is 0 Å². The van der Waals surface area contributed by atoms with Gasteiger partial charge in [-0.05, 0) is 30.3 Å². The Morgan fingerprint density at radius 1 is 1.29 bits per heavy atom. The first-order chi connectivity index (χ1) is 9.88. The lowest BCUT2D eigenvalue weighted by atomic mass is 10.1. The number of carboxylic acid groups (broad SMARTS) is 2. The molecule has 0 spiro atoms. The van der Waals surface area contributed by atoms with Crippen LogP contribution in [0.5, 0.6) is 0 Å². The van der Waals surface area contributed by atoms with Gasteiger partial charge in [0.15, 0.2) is 5.69 Å². The standard InChI is InChI=1S/C13H12FN3O4/c14-7-1-3-8(4-2-7)17-9(5-10(15)12(18)19)6-11(16-17)13(20)21/h1-4,6,10H,5,15H2,(H,18,19)(H,20,21)/t10-/m1/s1. The Kier molecular flexibility index (Phi) is 3.99. The predicted molar refractivity (Wildman–Crippen MR) is 69.8 cm³/mol. The first-order valence-electron chi connectivity index (χ1n) is 5.95. The summed E-state index contributed by atoms with van der Waals surface area (Å²) in [6, 6.07) is 5.25. The van der Waals surface area contributed by atoms with Crippen molar-refractivity contribution in [2.75, 3.05) is 0 Å². The second-order valence-electron chi connectivity index (χ2n) is 4.36. The normalized spacial score (nSPS) is 12.1. The van der Waals surface area contributed by atoms with Crippen LogP contribution in [0, 0.1) is 5.82 Å². The number of rotatable bonds is 5. The Bertz CT molecular complexity index is 681. The van der Waals surface area contributed by atoms with Crippen LogP contribution in [0.1, 0.15) is 16.2 Å². The fourth-order valence-electron chi connectivity index (χ4n) is 1.79. The van der Waals surface area contributed by atoms with Crippen molar-refractivity contribution in [2.45, 2.75) is 12.5 Å². The SMILES string of the molecule is N[C@H](Cc1cc(C(=O)O)nn1-c1ccc(F)cc1)C(=O)O. The number of nitrogens with zero attached hydrogens (tertiary/aromatic N) is 2. The zero-order valence-corrected chi connectivity index (χ0v) is 10.7. The van der Waals surface area contributed by atoms with Crippen molar-refractivity contribution in [3.63, 3.8) is 0 Å². The Balaban J connectivity index is 2.45. The predicted octanol–water partition coefficient (Wildman–Crippen LogP) is 0.664. The average Bonchev–Trinajstić information content (AvgIpc) is 2.83. The zero-order valence-electron chi connectivity index (χ0n) is 10.7. The van der Waals surface area contributed by atoms with E-state index in [1.54, 1.807) is 0 Å². The van der Waals surface area contributed by atoms with Gasteiger partial charge in [-0.1, -0.05) is 0 Å². The number of hydrogen-bond acceptors (Lipinski definition) is 4. The molecule has 0 radical (unpaired) electrons. The van der Waals surface area contributed by atoms with E-state index in [2.05, 4.69) is 5.10 Å². The summed E-state index contributed by atoms with van der Waals surface area (Å²) < 4.78 is 14.2. The number of aromatic nitrogens is 2. The molecule has 8 heteroatoms. The lowest BCUT2D eigenvalue weighted by molar-refractivity contribution is -0.138. The van der Waals surface area contributed by atoms with Crippen molar-refractivity contribution in [3.05, 3.63) is 47.5 Å². The molecule has 0 aliphatic heterocycles. The number of carbonyl (C=O) groups is 2. The van der Waals surface area contributed by atoms with Gasteiger partial charge in [0, 0.05) is 12.1 Å². The monoisotopic (exact) mass is 293 g/mol. The topological polar surface area (TPSA) is 118 Å². The molecule has 0 amide bonds. The number of aliphatic carboxylic acids is 1. The van der Waals surface area contributed by atoms with Gasteiger partial charge in [-0.15, -0.1) is 0 Å². The Morgan fingerprint density at radius 3 is 2.43 bits per heavy atom. The number of hydrogen-bond donors (Lipinski definition) is 3. The Morgan fingerprint density at radius 2 is 1.90 bits per heavy atom. The van der Waals surface area contributed by atoms with E-state index in [1.165, 1.54) is 35.0 Å². The first kappa shape index (κ1) is 14.7. The summed E-state index contributed by atoms with van der Waals surface area (Å²) in [7, 11) is 0. The van der Waals surface area contributed by atoms with E-state index in [9.17, 15) is 14.0 Å². The Labute approximate surface area is 118 Å². The van der Waals surface area contributed by atoms with Gasteiger partial charge < -0.3 is 15.9 Å². The van der Waals surface area contributed by atoms with Crippen molar-refractivity contribution in [2.24, 2.45) is 5.73 Å². The van der Waals surface area contributed by atoms with Crippen LogP contribution >= 0.6 is 0 Å². The van der Waals surface area contributed by atoms with Crippen LogP contribution < -0.4 is 5.73 Å². The summed E-state index contributed by atoms with van der Waals surface area (Å²) in [6.07, 6.45) is -0.104. The summed E-state index contributed by atoms with van der Waals surface area (Å²) in [5.41, 5.74) is 5.94. The lowest BCUT2D eigenvalue weighted by Gasteiger charge is -2.09. The lowest BCUT2D eigenvalue weighted by Crippen LogP contribution is -2.33. The summed E-state index contributed by atoms with van der Waals surface area (Å²) in [6.45, 7) is 0. The number of nitrogens with two attached hydrogens (primary N) is 1. The maximum absolute atomic E-state index is 12.9. The molecule has 2 rings (SSSR count). The molecule has 0 saturated carbocycles. The van der Waals surface area contributed by atoms with Crippen molar-refractivity contribution < 1.29 is 24.2 Å². The molecular weight excluding hydrogens is 281 g/mol. The van der Waals surface area contributed by atoms with Crippen molar-refractivity contribution >= 4 is 11.9 Å². The quantitative estimate of drug-likeness (QED) is 0.745. The minimum Gasteiger partial charge on any atom is -0.480 e. The van der Waals surface area contributed by atoms with Gasteiger partial charge in [-0.3, -0.25) is 4.79 Å². The third-order valence-corrected chi connectivity index (χ3v) is 2.82. The van der Waals surface area contributed by atoms with E-state index in [0.29, 0.717) is 11.4 Å². The minimum atomic E-state index is -1.25. The molecule has 110 valence electrons. The highest BCUT2D eigenvalue weighted by Gasteiger charge is 2.19. The van der Waals surface area contributed by atoms with Gasteiger partial charge >= 0.3 is 11.9 Å². The third kappa shape index (κ3) is 3.23. The number of benzene rings is 1. The highest BCUT2D eigenvalue weighted by molar-refractivity contribution is 5.85. The molecule has 1 heterocycles. The molecule has 0 saturated heterocycles. The summed E-state index contributed by atoms with van der Waals surface area (Å²) in [5.74, 6) is -2.91. The van der Waals surface area contributed by atoms with Gasteiger partial charge in [0.05, 0.1) is 5.69 Å². The van der Waals surface area contributed by atoms with E-state index in [0.717, 1.165) is 0 Å². The smallest absolute Gasteiger partial charge is 0.356 e. The molecule has 0 bridgehead atoms. The summed E-state index contributed by atoms with van der Waals surface area (Å²) in [5, 5.41) is 21.7. The molecular formula is C13H12FN3O4. The van der Waals surface area contributed by atoms with Crippen LogP contribution in [0.3, 0.4) is 0 Å². The van der Waals surface area contributed by atoms with Crippen LogP contribution in [0.2, 0.25) is 0 Å². The highest BCUT2D eigenvalue weighted by atomic mass is 19.1. The first-order valence-corrected chi connectivity index (χ1v) is 5.95. The van der Waals surface area contributed by atoms with E-state index in [-0.39, 0.29) is 12.1 Å². The molecule has 1 aromatic heterocycles. The Hall–Kier alpha value is -2.74. The fourth-order valence-corrected chi connectivity index (χ4v) is 1.79. The second-order valence-corrected chi connectivity index (χ2v) is 4.36. The number of carboxylic acids is 2. The molecule has 1 atom stereocenters. The second kappa shape index (κ2) is 5.71. The summed E-state index contributed by atoms with van der Waals surface area (Å²) in [4.78, 5) is 21.8. The van der Waals surface area contributed by atoms with Gasteiger partial charge in [0.2, 0.25) is 0 Å². The van der Waals surface area contributed by atoms with Crippen LogP contribution in [-0.4, -0.2) is 38.0 Å². The van der Waals surface area contributed by atoms with Crippen LogP contribution in [0.4, 0.5) is 4.39 Å². The summed E-state index contributed by atoms with van der Waals surface area (Å²) >= 11 is 0. The van der Waals surface area contributed by atoms with E-state index in [1.807, 2.05) is 0 Å². The number of aromatic carboxylic acids is 1. The van der Waals surface area contributed by atoms with Crippen LogP contribution in [0.15, 0.2) is 30.3 Å². The molecule has 1 aromatic carbocycles. The molecule has 0 aliphatic rings. The van der Waals surface area contributed by atoms with Gasteiger partial charge in [0.1, 0.15) is 11.9 Å². The fraction of sp³-hybridized carbons (Fsp3) is 0.154. The van der Waals surface area contributed by atoms with Crippen molar-refractivity contribution in [1.29, 1.82) is 0 Å². The van der Waals surface area contributed by atoms with Crippen molar-refractivity contribution in [1.82, 2.24) is 9.78 Å².